The number of nitrogens with one attached hydrogen (secondary N) is 1. The maximum atomic E-state index is 11.1. The van der Waals surface area contributed by atoms with E-state index in [4.69, 9.17) is 5.11 Å². The third-order valence-electron chi connectivity index (χ3n) is 4.00. The maximum Gasteiger partial charge on any atom is 0.314 e. The number of pyridine rings is 1. The zero-order chi connectivity index (χ0) is 13.9. The SMILES string of the molecule is Cc1ccnc(NCC2(CCO)CCC2)c1[N+](=O)[O-]. The van der Waals surface area contributed by atoms with E-state index in [0.717, 1.165) is 25.7 Å². The van der Waals surface area contributed by atoms with E-state index in [2.05, 4.69) is 10.3 Å². The minimum atomic E-state index is -0.399. The van der Waals surface area contributed by atoms with Gasteiger partial charge in [0, 0.05) is 24.9 Å². The number of hydrogen-bond acceptors (Lipinski definition) is 5. The first kappa shape index (κ1) is 13.7. The van der Waals surface area contributed by atoms with Crippen LogP contribution in [0.3, 0.4) is 0 Å². The Balaban J connectivity index is 2.11. The van der Waals surface area contributed by atoms with Gasteiger partial charge in [0.1, 0.15) is 0 Å². The van der Waals surface area contributed by atoms with Crippen LogP contribution in [0.4, 0.5) is 11.5 Å². The van der Waals surface area contributed by atoms with Crippen molar-refractivity contribution in [1.29, 1.82) is 0 Å². The van der Waals surface area contributed by atoms with Crippen LogP contribution < -0.4 is 5.32 Å². The van der Waals surface area contributed by atoms with Gasteiger partial charge in [-0.15, -0.1) is 0 Å². The highest BCUT2D eigenvalue weighted by Gasteiger charge is 2.36. The molecule has 2 rings (SSSR count). The summed E-state index contributed by atoms with van der Waals surface area (Å²) in [4.78, 5) is 14.7. The molecule has 0 amide bonds. The molecule has 1 aromatic heterocycles. The Labute approximate surface area is 112 Å². The van der Waals surface area contributed by atoms with Crippen LogP contribution in [0, 0.1) is 22.5 Å². The third-order valence-corrected chi connectivity index (χ3v) is 4.00. The molecule has 0 bridgehead atoms. The fraction of sp³-hybridized carbons (Fsp3) is 0.615. The lowest BCUT2D eigenvalue weighted by molar-refractivity contribution is -0.384. The van der Waals surface area contributed by atoms with Crippen molar-refractivity contribution >= 4 is 11.5 Å². The highest BCUT2D eigenvalue weighted by atomic mass is 16.6. The van der Waals surface area contributed by atoms with Crippen molar-refractivity contribution in [3.8, 4) is 0 Å². The Morgan fingerprint density at radius 2 is 2.32 bits per heavy atom. The van der Waals surface area contributed by atoms with Gasteiger partial charge in [0.15, 0.2) is 0 Å². The van der Waals surface area contributed by atoms with Crippen molar-refractivity contribution in [3.63, 3.8) is 0 Å². The zero-order valence-corrected chi connectivity index (χ0v) is 11.1. The van der Waals surface area contributed by atoms with Gasteiger partial charge in [-0.25, -0.2) is 4.98 Å². The van der Waals surface area contributed by atoms with Gasteiger partial charge in [0.25, 0.3) is 0 Å². The van der Waals surface area contributed by atoms with E-state index in [-0.39, 0.29) is 17.7 Å². The number of hydrogen-bond donors (Lipinski definition) is 2. The maximum absolute atomic E-state index is 11.1. The van der Waals surface area contributed by atoms with E-state index in [0.29, 0.717) is 17.9 Å². The smallest absolute Gasteiger partial charge is 0.314 e. The average molecular weight is 265 g/mol. The summed E-state index contributed by atoms with van der Waals surface area (Å²) in [6, 6.07) is 1.64. The van der Waals surface area contributed by atoms with Crippen LogP contribution in [-0.2, 0) is 0 Å². The molecule has 6 heteroatoms. The number of aliphatic hydroxyl groups is 1. The highest BCUT2D eigenvalue weighted by molar-refractivity contribution is 5.59. The summed E-state index contributed by atoms with van der Waals surface area (Å²) in [6.45, 7) is 2.49. The molecule has 0 unspecified atom stereocenters. The number of aromatic nitrogens is 1. The molecule has 2 N–H and O–H groups in total. The molecule has 6 nitrogen and oxygen atoms in total. The molecule has 1 aliphatic rings. The summed E-state index contributed by atoms with van der Waals surface area (Å²) in [6.07, 6.45) is 5.58. The standard InChI is InChI=1S/C13H19N3O3/c1-10-3-7-14-12(11(10)16(18)19)15-9-13(6-8-17)4-2-5-13/h3,7,17H,2,4-6,8-9H2,1H3,(H,14,15). The summed E-state index contributed by atoms with van der Waals surface area (Å²) in [7, 11) is 0. The minimum absolute atomic E-state index is 0.0426. The predicted molar refractivity (Wildman–Crippen MR) is 72.1 cm³/mol. The first-order valence-electron chi connectivity index (χ1n) is 6.53. The highest BCUT2D eigenvalue weighted by Crippen LogP contribution is 2.44. The molecule has 0 aromatic carbocycles. The third kappa shape index (κ3) is 2.84. The Morgan fingerprint density at radius 1 is 1.58 bits per heavy atom. The van der Waals surface area contributed by atoms with Crippen LogP contribution >= 0.6 is 0 Å². The Bertz CT molecular complexity index is 472. The molecule has 1 fully saturated rings. The Morgan fingerprint density at radius 3 is 2.84 bits per heavy atom. The largest absolute Gasteiger partial charge is 0.396 e. The van der Waals surface area contributed by atoms with Crippen LogP contribution in [0.5, 0.6) is 0 Å². The fourth-order valence-corrected chi connectivity index (χ4v) is 2.61. The van der Waals surface area contributed by atoms with E-state index in [9.17, 15) is 10.1 Å². The number of aliphatic hydroxyl groups excluding tert-OH is 1. The Hall–Kier alpha value is -1.69. The van der Waals surface area contributed by atoms with Crippen LogP contribution in [0.2, 0.25) is 0 Å². The molecular formula is C13H19N3O3. The fourth-order valence-electron chi connectivity index (χ4n) is 2.61. The van der Waals surface area contributed by atoms with E-state index in [1.54, 1.807) is 19.2 Å². The monoisotopic (exact) mass is 265 g/mol. The van der Waals surface area contributed by atoms with Crippen molar-refractivity contribution in [1.82, 2.24) is 4.98 Å². The summed E-state index contributed by atoms with van der Waals surface area (Å²) < 4.78 is 0. The van der Waals surface area contributed by atoms with Crippen LogP contribution in [0.15, 0.2) is 12.3 Å². The van der Waals surface area contributed by atoms with Gasteiger partial charge < -0.3 is 10.4 Å². The molecule has 19 heavy (non-hydrogen) atoms. The predicted octanol–water partition coefficient (Wildman–Crippen LogP) is 2.26. The number of rotatable bonds is 6. The van der Waals surface area contributed by atoms with Gasteiger partial charge in [-0.2, -0.15) is 0 Å². The molecule has 0 radical (unpaired) electrons. The van der Waals surface area contributed by atoms with Gasteiger partial charge in [-0.3, -0.25) is 10.1 Å². The topological polar surface area (TPSA) is 88.3 Å². The second-order valence-corrected chi connectivity index (χ2v) is 5.26. The van der Waals surface area contributed by atoms with Crippen molar-refractivity contribution < 1.29 is 10.0 Å². The van der Waals surface area contributed by atoms with Crippen molar-refractivity contribution in [2.75, 3.05) is 18.5 Å². The zero-order valence-electron chi connectivity index (χ0n) is 11.1. The Kier molecular flexibility index (Phi) is 3.99. The van der Waals surface area contributed by atoms with Crippen molar-refractivity contribution in [3.05, 3.63) is 27.9 Å². The molecule has 1 heterocycles. The summed E-state index contributed by atoms with van der Waals surface area (Å²) in [5.41, 5.74) is 0.724. The summed E-state index contributed by atoms with van der Waals surface area (Å²) in [5.74, 6) is 0.328. The summed E-state index contributed by atoms with van der Waals surface area (Å²) in [5, 5.41) is 23.3. The number of anilines is 1. The number of nitro groups is 1. The molecule has 1 aromatic rings. The van der Waals surface area contributed by atoms with Crippen molar-refractivity contribution in [2.24, 2.45) is 5.41 Å². The quantitative estimate of drug-likeness (QED) is 0.608. The van der Waals surface area contributed by atoms with Gasteiger partial charge in [-0.1, -0.05) is 6.42 Å². The second-order valence-electron chi connectivity index (χ2n) is 5.26. The lowest BCUT2D eigenvalue weighted by Crippen LogP contribution is -2.37. The van der Waals surface area contributed by atoms with Gasteiger partial charge >= 0.3 is 5.69 Å². The van der Waals surface area contributed by atoms with E-state index in [1.807, 2.05) is 0 Å². The number of nitrogens with zero attached hydrogens (tertiary/aromatic N) is 2. The van der Waals surface area contributed by atoms with Gasteiger partial charge in [-0.05, 0) is 37.7 Å². The van der Waals surface area contributed by atoms with Crippen LogP contribution in [0.25, 0.3) is 0 Å². The number of aryl methyl sites for hydroxylation is 1. The first-order chi connectivity index (χ1) is 9.08. The molecule has 1 aliphatic carbocycles. The molecule has 104 valence electrons. The molecular weight excluding hydrogens is 246 g/mol. The van der Waals surface area contributed by atoms with E-state index in [1.165, 1.54) is 0 Å². The first-order valence-corrected chi connectivity index (χ1v) is 6.53. The minimum Gasteiger partial charge on any atom is -0.396 e. The summed E-state index contributed by atoms with van der Waals surface area (Å²) >= 11 is 0. The molecule has 0 aliphatic heterocycles. The normalized spacial score (nSPS) is 16.7. The van der Waals surface area contributed by atoms with E-state index >= 15 is 0 Å². The average Bonchev–Trinajstić information content (AvgIpc) is 2.32. The molecule has 0 spiro atoms. The van der Waals surface area contributed by atoms with Gasteiger partial charge in [0.05, 0.1) is 4.92 Å². The van der Waals surface area contributed by atoms with Crippen LogP contribution in [-0.4, -0.2) is 28.2 Å². The lowest BCUT2D eigenvalue weighted by atomic mass is 9.67. The second kappa shape index (κ2) is 5.52. The lowest BCUT2D eigenvalue weighted by Gasteiger charge is -2.41. The molecule has 0 saturated heterocycles. The van der Waals surface area contributed by atoms with E-state index < -0.39 is 4.92 Å². The van der Waals surface area contributed by atoms with Crippen LogP contribution in [0.1, 0.15) is 31.2 Å². The van der Waals surface area contributed by atoms with Gasteiger partial charge in [0.2, 0.25) is 5.82 Å². The van der Waals surface area contributed by atoms with Crippen molar-refractivity contribution in [2.45, 2.75) is 32.6 Å². The molecule has 0 atom stereocenters. The molecule has 1 saturated carbocycles.